The lowest BCUT2D eigenvalue weighted by molar-refractivity contribution is 0.0288. The summed E-state index contributed by atoms with van der Waals surface area (Å²) in [6.45, 7) is 9.79. The van der Waals surface area contributed by atoms with Crippen LogP contribution in [0.1, 0.15) is 32.9 Å². The minimum Gasteiger partial charge on any atom is -0.444 e. The lowest BCUT2D eigenvalue weighted by Gasteiger charge is -2.25. The molecule has 1 aliphatic rings. The van der Waals surface area contributed by atoms with Crippen LogP contribution >= 0.6 is 11.6 Å². The molecule has 1 aromatic rings. The maximum atomic E-state index is 12.1. The van der Waals surface area contributed by atoms with Crippen LogP contribution in [0.5, 0.6) is 0 Å². The van der Waals surface area contributed by atoms with Crippen molar-refractivity contribution >= 4 is 23.5 Å². The number of carbonyl (C=O) groups excluding carboxylic acids is 1. The molecule has 1 atom stereocenters. The number of ether oxygens (including phenoxy) is 1. The molecule has 0 bridgehead atoms. The summed E-state index contributed by atoms with van der Waals surface area (Å²) >= 11 is 5.92. The Balaban J connectivity index is 1.91. The van der Waals surface area contributed by atoms with Crippen molar-refractivity contribution in [2.45, 2.75) is 39.7 Å². The molecule has 0 N–H and O–H groups in total. The van der Waals surface area contributed by atoms with Crippen LogP contribution in [-0.4, -0.2) is 53.2 Å². The van der Waals surface area contributed by atoms with E-state index in [2.05, 4.69) is 14.9 Å². The van der Waals surface area contributed by atoms with E-state index in [-0.39, 0.29) is 11.4 Å². The van der Waals surface area contributed by atoms with Gasteiger partial charge in [0, 0.05) is 38.4 Å². The number of anilines is 1. The minimum atomic E-state index is -0.457. The van der Waals surface area contributed by atoms with Gasteiger partial charge in [-0.25, -0.2) is 14.8 Å². The number of carbonyl (C=O) groups is 1. The molecule has 2 rings (SSSR count). The van der Waals surface area contributed by atoms with Gasteiger partial charge in [0.25, 0.3) is 0 Å². The fraction of sp³-hybridized carbons (Fsp3) is 0.688. The van der Waals surface area contributed by atoms with Crippen molar-refractivity contribution in [2.75, 3.05) is 31.6 Å². The van der Waals surface area contributed by atoms with Crippen LogP contribution < -0.4 is 4.90 Å². The Bertz CT molecular complexity index is 553. The third-order valence-corrected chi connectivity index (χ3v) is 3.84. The summed E-state index contributed by atoms with van der Waals surface area (Å²) in [5.74, 6) is 1.19. The largest absolute Gasteiger partial charge is 0.444 e. The van der Waals surface area contributed by atoms with E-state index in [1.165, 1.54) is 0 Å². The van der Waals surface area contributed by atoms with Crippen LogP contribution in [0.4, 0.5) is 10.6 Å². The molecular weight excluding hydrogens is 316 g/mol. The molecule has 23 heavy (non-hydrogen) atoms. The van der Waals surface area contributed by atoms with Crippen LogP contribution in [0, 0.1) is 12.8 Å². The first-order valence-electron chi connectivity index (χ1n) is 7.84. The molecule has 0 saturated carbocycles. The van der Waals surface area contributed by atoms with Crippen molar-refractivity contribution in [3.05, 3.63) is 17.0 Å². The molecule has 1 aromatic heterocycles. The Morgan fingerprint density at radius 1 is 1.48 bits per heavy atom. The van der Waals surface area contributed by atoms with Gasteiger partial charge in [-0.2, -0.15) is 0 Å². The summed E-state index contributed by atoms with van der Waals surface area (Å²) in [7, 11) is 1.98. The number of aryl methyl sites for hydroxylation is 1. The van der Waals surface area contributed by atoms with E-state index in [1.807, 2.05) is 40.8 Å². The zero-order valence-corrected chi connectivity index (χ0v) is 15.2. The van der Waals surface area contributed by atoms with Gasteiger partial charge in [-0.05, 0) is 51.6 Å². The van der Waals surface area contributed by atoms with Gasteiger partial charge >= 0.3 is 6.09 Å². The molecule has 6 nitrogen and oxygen atoms in total. The molecule has 1 amide bonds. The summed E-state index contributed by atoms with van der Waals surface area (Å²) in [6.07, 6.45) is 0.727. The quantitative estimate of drug-likeness (QED) is 0.791. The Morgan fingerprint density at radius 3 is 2.78 bits per heavy atom. The Kier molecular flexibility index (Phi) is 5.34. The highest BCUT2D eigenvalue weighted by molar-refractivity contribution is 6.28. The first kappa shape index (κ1) is 17.8. The van der Waals surface area contributed by atoms with Gasteiger partial charge in [0.2, 0.25) is 5.28 Å². The number of hydrogen-bond donors (Lipinski definition) is 0. The predicted octanol–water partition coefficient (Wildman–Crippen LogP) is 3.13. The molecule has 1 unspecified atom stereocenters. The number of amides is 1. The second kappa shape index (κ2) is 6.91. The lowest BCUT2D eigenvalue weighted by Crippen LogP contribution is -2.36. The van der Waals surface area contributed by atoms with Crippen LogP contribution in [-0.2, 0) is 4.74 Å². The molecule has 1 saturated heterocycles. The van der Waals surface area contributed by atoms with Crippen molar-refractivity contribution in [2.24, 2.45) is 5.92 Å². The molecule has 0 radical (unpaired) electrons. The van der Waals surface area contributed by atoms with Gasteiger partial charge in [0.15, 0.2) is 0 Å². The molecule has 0 spiro atoms. The minimum absolute atomic E-state index is 0.233. The number of rotatable bonds is 3. The van der Waals surface area contributed by atoms with E-state index in [1.54, 1.807) is 4.90 Å². The maximum absolute atomic E-state index is 12.1. The highest BCUT2D eigenvalue weighted by Gasteiger charge is 2.30. The predicted molar refractivity (Wildman–Crippen MR) is 91.0 cm³/mol. The van der Waals surface area contributed by atoms with Gasteiger partial charge in [0.05, 0.1) is 0 Å². The Labute approximate surface area is 142 Å². The fourth-order valence-electron chi connectivity index (χ4n) is 2.67. The van der Waals surface area contributed by atoms with Crippen molar-refractivity contribution in [3.63, 3.8) is 0 Å². The van der Waals surface area contributed by atoms with Gasteiger partial charge < -0.3 is 14.5 Å². The van der Waals surface area contributed by atoms with Gasteiger partial charge in [0.1, 0.15) is 11.4 Å². The summed E-state index contributed by atoms with van der Waals surface area (Å²) in [4.78, 5) is 24.3. The number of halogens is 1. The first-order valence-corrected chi connectivity index (χ1v) is 8.22. The highest BCUT2D eigenvalue weighted by atomic mass is 35.5. The smallest absolute Gasteiger partial charge is 0.410 e. The normalized spacial score (nSPS) is 18.2. The molecule has 7 heteroatoms. The molecule has 0 aliphatic carbocycles. The van der Waals surface area contributed by atoms with Crippen molar-refractivity contribution in [1.82, 2.24) is 14.9 Å². The second-order valence-corrected chi connectivity index (χ2v) is 7.44. The molecule has 1 fully saturated rings. The van der Waals surface area contributed by atoms with E-state index in [9.17, 15) is 4.79 Å². The third-order valence-electron chi connectivity index (χ3n) is 3.67. The van der Waals surface area contributed by atoms with E-state index >= 15 is 0 Å². The third kappa shape index (κ3) is 5.23. The SMILES string of the molecule is Cc1cc(N(C)CC2CCN(C(=O)OC(C)(C)C)C2)nc(Cl)n1. The first-order chi connectivity index (χ1) is 10.6. The molecule has 1 aliphatic heterocycles. The van der Waals surface area contributed by atoms with E-state index in [4.69, 9.17) is 16.3 Å². The second-order valence-electron chi connectivity index (χ2n) is 7.10. The summed E-state index contributed by atoms with van der Waals surface area (Å²) < 4.78 is 5.43. The number of aromatic nitrogens is 2. The number of hydrogen-bond acceptors (Lipinski definition) is 5. The van der Waals surface area contributed by atoms with Crippen LogP contribution in [0.15, 0.2) is 6.07 Å². The number of likely N-dealkylation sites (tertiary alicyclic amines) is 1. The van der Waals surface area contributed by atoms with Crippen LogP contribution in [0.25, 0.3) is 0 Å². The zero-order valence-electron chi connectivity index (χ0n) is 14.5. The monoisotopic (exact) mass is 340 g/mol. The zero-order chi connectivity index (χ0) is 17.2. The van der Waals surface area contributed by atoms with Gasteiger partial charge in [-0.1, -0.05) is 0 Å². The fourth-order valence-corrected chi connectivity index (χ4v) is 2.89. The van der Waals surface area contributed by atoms with E-state index in [0.29, 0.717) is 12.5 Å². The van der Waals surface area contributed by atoms with Crippen molar-refractivity contribution in [3.8, 4) is 0 Å². The average molecular weight is 341 g/mol. The van der Waals surface area contributed by atoms with E-state index in [0.717, 1.165) is 31.0 Å². The summed E-state index contributed by atoms with van der Waals surface area (Å²) in [5, 5.41) is 0.258. The van der Waals surface area contributed by atoms with Crippen LogP contribution in [0.3, 0.4) is 0 Å². The van der Waals surface area contributed by atoms with Gasteiger partial charge in [-0.15, -0.1) is 0 Å². The summed E-state index contributed by atoms with van der Waals surface area (Å²) in [5.41, 5.74) is 0.384. The Hall–Kier alpha value is -1.56. The number of nitrogens with zero attached hydrogens (tertiary/aromatic N) is 4. The standard InChI is InChI=1S/C16H25ClN4O2/c1-11-8-13(19-14(17)18-11)20(5)9-12-6-7-21(10-12)15(22)23-16(2,3)4/h8,12H,6-7,9-10H2,1-5H3. The summed E-state index contributed by atoms with van der Waals surface area (Å²) in [6, 6.07) is 1.91. The highest BCUT2D eigenvalue weighted by Crippen LogP contribution is 2.22. The molecule has 2 heterocycles. The average Bonchev–Trinajstić information content (AvgIpc) is 2.84. The Morgan fingerprint density at radius 2 is 2.17 bits per heavy atom. The molecule has 0 aromatic carbocycles. The van der Waals surface area contributed by atoms with Crippen LogP contribution in [0.2, 0.25) is 5.28 Å². The lowest BCUT2D eigenvalue weighted by atomic mass is 10.1. The molecule has 128 valence electrons. The van der Waals surface area contributed by atoms with E-state index < -0.39 is 5.60 Å². The van der Waals surface area contributed by atoms with Crippen molar-refractivity contribution in [1.29, 1.82) is 0 Å². The van der Waals surface area contributed by atoms with Gasteiger partial charge in [-0.3, -0.25) is 0 Å². The maximum Gasteiger partial charge on any atom is 0.410 e. The van der Waals surface area contributed by atoms with Crippen molar-refractivity contribution < 1.29 is 9.53 Å². The topological polar surface area (TPSA) is 58.6 Å². The molecular formula is C16H25ClN4O2.